The van der Waals surface area contributed by atoms with Gasteiger partial charge in [0.2, 0.25) is 5.95 Å². The van der Waals surface area contributed by atoms with Gasteiger partial charge < -0.3 is 9.13 Å². The van der Waals surface area contributed by atoms with Crippen molar-refractivity contribution in [3.63, 3.8) is 0 Å². The molecule has 0 N–H and O–H groups in total. The lowest BCUT2D eigenvalue weighted by Gasteiger charge is -2.19. The number of aryl methyl sites for hydroxylation is 1. The smallest absolute Gasteiger partial charge is 0.238 e. The van der Waals surface area contributed by atoms with Crippen molar-refractivity contribution in [1.82, 2.24) is 28.7 Å². The van der Waals surface area contributed by atoms with Gasteiger partial charge in [0.05, 0.1) is 88.1 Å². The van der Waals surface area contributed by atoms with E-state index < -0.39 is 341 Å². The number of benzene rings is 9. The van der Waals surface area contributed by atoms with E-state index in [1.54, 1.807) is 0 Å². The Labute approximate surface area is 438 Å². The first kappa shape index (κ1) is 17.0. The maximum Gasteiger partial charge on any atom is 0.238 e. The van der Waals surface area contributed by atoms with Crippen molar-refractivity contribution < 1.29 is 49.3 Å². The van der Waals surface area contributed by atoms with Gasteiger partial charge in [-0.2, -0.15) is 9.97 Å². The van der Waals surface area contributed by atoms with Crippen molar-refractivity contribution in [2.75, 3.05) is 0 Å². The minimum absolute atomic E-state index is 0.236. The monoisotopic (exact) mass is 897 g/mol. The Bertz CT molecular complexity index is 5890. The molecule has 9 aromatic carbocycles. The lowest BCUT2D eigenvalue weighted by Crippen LogP contribution is -2.10. The van der Waals surface area contributed by atoms with Gasteiger partial charge in [-0.05, 0) is 78.7 Å². The van der Waals surface area contributed by atoms with Crippen LogP contribution in [0.5, 0.6) is 0 Å². The quantitative estimate of drug-likeness (QED) is 0.129. The Morgan fingerprint density at radius 2 is 0.776 bits per heavy atom. The molecule has 318 valence electrons. The molecule has 0 atom stereocenters. The summed E-state index contributed by atoms with van der Waals surface area (Å²) in [6.07, 6.45) is -1.44. The van der Waals surface area contributed by atoms with E-state index in [1.165, 1.54) is 0 Å². The van der Waals surface area contributed by atoms with E-state index in [1.807, 2.05) is 0 Å². The molecule has 0 saturated carbocycles. The van der Waals surface area contributed by atoms with Crippen LogP contribution in [0.25, 0.3) is 105 Å². The summed E-state index contributed by atoms with van der Waals surface area (Å²) in [4.78, 5) is 14.2. The van der Waals surface area contributed by atoms with Gasteiger partial charge in [0.1, 0.15) is 5.82 Å². The zero-order chi connectivity index (χ0) is 75.6. The second-order valence-electron chi connectivity index (χ2n) is 14.7. The molecule has 13 rings (SSSR count). The van der Waals surface area contributed by atoms with Gasteiger partial charge in [-0.15, -0.1) is 0 Å². The van der Waals surface area contributed by atoms with Gasteiger partial charge in [0.25, 0.3) is 0 Å². The number of rotatable bonds is 10. The lowest BCUT2D eigenvalue weighted by molar-refractivity contribution is 0.698. The van der Waals surface area contributed by atoms with Crippen LogP contribution in [0.1, 0.15) is 73.6 Å². The number of para-hydroxylation sites is 8. The molecule has 0 spiro atoms. The molecule has 0 fully saturated rings. The summed E-state index contributed by atoms with van der Waals surface area (Å²) in [7, 11) is 0. The Kier molecular flexibility index (Phi) is 4.09. The van der Waals surface area contributed by atoms with Crippen LogP contribution in [0.15, 0.2) is 218 Å². The van der Waals surface area contributed by atoms with Crippen LogP contribution in [-0.4, -0.2) is 28.7 Å². The molecule has 4 aromatic heterocycles. The van der Waals surface area contributed by atoms with E-state index in [2.05, 4.69) is 0 Å². The van der Waals surface area contributed by atoms with Gasteiger partial charge in [-0.25, -0.2) is 4.98 Å². The Balaban J connectivity index is 1.15. The second kappa shape index (κ2) is 16.1. The molecule has 6 nitrogen and oxygen atoms in total. The highest BCUT2D eigenvalue weighted by atomic mass is 15.2. The van der Waals surface area contributed by atoms with Gasteiger partial charge >= 0.3 is 0 Å². The third-order valence-corrected chi connectivity index (χ3v) is 11.1. The topological polar surface area (TPSA) is 53.5 Å². The molecule has 67 heavy (non-hydrogen) atoms. The van der Waals surface area contributed by atoms with Gasteiger partial charge in [0, 0.05) is 55.6 Å². The molecule has 0 amide bonds. The van der Waals surface area contributed by atoms with E-state index >= 15 is 0 Å². The minimum atomic E-state index is -1.15. The molecule has 0 aliphatic carbocycles. The molecule has 6 heteroatoms. The molecule has 0 aliphatic rings. The lowest BCUT2D eigenvalue weighted by atomic mass is 9.99. The van der Waals surface area contributed by atoms with Crippen molar-refractivity contribution in [2.45, 2.75) is 25.7 Å². The Morgan fingerprint density at radius 3 is 1.33 bits per heavy atom. The summed E-state index contributed by atoms with van der Waals surface area (Å²) in [6, 6.07) is -33.0. The fourth-order valence-electron chi connectivity index (χ4n) is 8.27. The molecule has 4 heterocycles. The maximum absolute atomic E-state index is 10.00. The van der Waals surface area contributed by atoms with Crippen LogP contribution in [0, 0.1) is 0 Å². The largest absolute Gasteiger partial charge is 0.309 e. The Hall–Kier alpha value is -8.61. The standard InChI is InChI=1S/C61H44N6/c1-2-21-41(22-3-1)43-31-20-32-50(59(43)66-54-36-15-8-27-46(54)47-28-9-16-37-55(47)66)60-62-58(63-61(64-60)67-56-38-17-10-29-48(56)49-30-11-18-39-57(49)67)40-19-5-24-42-23-4-12-33-51(42)65-52-34-13-6-25-44(52)45-26-7-14-35-53(45)65/h1-4,6-18,20-23,25-39H,5,19,24,40H2/i1D,2D,3D,4D,6D,7D,8D,9D,10D,11D,12D,13D,14D,15D,16D,17D,18D,20D,21D,22D,23D,25D,26D,27D,28D,29D,30D,31D,32D,33D,34D,35D,36D,37D,38D,39D. The number of hydrogen-bond acceptors (Lipinski definition) is 3. The number of nitrogens with zero attached hydrogens (tertiary/aromatic N) is 6. The molecule has 0 aliphatic heterocycles. The molecular formula is C61H44N6. The first-order valence-corrected chi connectivity index (χ1v) is 20.3. The van der Waals surface area contributed by atoms with Gasteiger partial charge in [0.15, 0.2) is 5.82 Å². The fraction of sp³-hybridized carbons (Fsp3) is 0.0656. The average molecular weight is 897 g/mol. The number of aromatic nitrogens is 6. The predicted molar refractivity (Wildman–Crippen MR) is 277 cm³/mol. The molecule has 0 unspecified atom stereocenters. The zero-order valence-electron chi connectivity index (χ0n) is 70.0. The van der Waals surface area contributed by atoms with E-state index in [4.69, 9.17) is 43.7 Å². The highest BCUT2D eigenvalue weighted by molar-refractivity contribution is 6.12. The van der Waals surface area contributed by atoms with Crippen LogP contribution in [0.3, 0.4) is 0 Å². The van der Waals surface area contributed by atoms with Gasteiger partial charge in [-0.1, -0.05) is 169 Å². The average Bonchev–Trinajstić information content (AvgIpc) is 1.50. The number of unbranched alkanes of at least 4 members (excludes halogenated alkanes) is 1. The van der Waals surface area contributed by atoms with E-state index in [-0.39, 0.29) is 18.4 Å². The fourth-order valence-corrected chi connectivity index (χ4v) is 8.27. The van der Waals surface area contributed by atoms with Crippen molar-refractivity contribution in [3.8, 4) is 39.8 Å². The summed E-state index contributed by atoms with van der Waals surface area (Å²) < 4.78 is 330. The number of fused-ring (bicyclic) bond motifs is 9. The van der Waals surface area contributed by atoms with Crippen LogP contribution in [-0.2, 0) is 12.8 Å². The molecule has 0 saturated heterocycles. The van der Waals surface area contributed by atoms with E-state index in [9.17, 15) is 20.6 Å². The summed E-state index contributed by atoms with van der Waals surface area (Å²) in [5.41, 5.74) is -8.15. The third kappa shape index (κ3) is 6.44. The zero-order valence-corrected chi connectivity index (χ0v) is 34.0. The maximum atomic E-state index is 10.00. The highest BCUT2D eigenvalue weighted by Crippen LogP contribution is 2.41. The second-order valence-corrected chi connectivity index (χ2v) is 14.7. The summed E-state index contributed by atoms with van der Waals surface area (Å²) >= 11 is 0. The predicted octanol–water partition coefficient (Wildman–Crippen LogP) is 15.1. The molecule has 0 bridgehead atoms. The summed E-state index contributed by atoms with van der Waals surface area (Å²) in [6.45, 7) is 0. The van der Waals surface area contributed by atoms with Crippen LogP contribution in [0.2, 0.25) is 0 Å². The van der Waals surface area contributed by atoms with Gasteiger partial charge in [-0.3, -0.25) is 4.57 Å². The number of hydrogen-bond donors (Lipinski definition) is 0. The minimum Gasteiger partial charge on any atom is -0.309 e. The van der Waals surface area contributed by atoms with Crippen molar-refractivity contribution in [3.05, 3.63) is 229 Å². The van der Waals surface area contributed by atoms with Crippen LogP contribution in [0.4, 0.5) is 0 Å². The first-order valence-electron chi connectivity index (χ1n) is 38.3. The Morgan fingerprint density at radius 1 is 0.343 bits per heavy atom. The highest BCUT2D eigenvalue weighted by Gasteiger charge is 2.23. The van der Waals surface area contributed by atoms with Crippen molar-refractivity contribution >= 4 is 65.4 Å². The SMILES string of the molecule is [2H]c1c([2H])c([2H])c(-c2c([2H])c([2H])c([2H])c(-c3nc(CCCCc4c([2H])c([2H])c([2H])c([2H])c4-n4c5c([2H])c([2H])c([2H])c([2H])c5c5c([2H])c([2H])c([2H])c([2H])c54)nc(-n4c5c([2H])c([2H])c([2H])c([2H])c5c5c([2H])c([2H])c([2H])c([2H])c54)n3)c2-n2c3c([2H])c([2H])c([2H])c([2H])c3c3c([2H])c([2H])c([2H])c([2H])c32)c([2H])c1[2H]. The summed E-state index contributed by atoms with van der Waals surface area (Å²) in [5, 5.41) is -3.10. The summed E-state index contributed by atoms with van der Waals surface area (Å²) in [5.74, 6) is -2.24. The normalized spacial score (nSPS) is 19.3. The van der Waals surface area contributed by atoms with Crippen molar-refractivity contribution in [1.29, 1.82) is 0 Å². The molecule has 0 radical (unpaired) electrons. The van der Waals surface area contributed by atoms with E-state index in [0.29, 0.717) is 0 Å². The molecule has 13 aromatic rings. The third-order valence-electron chi connectivity index (χ3n) is 11.1. The van der Waals surface area contributed by atoms with Crippen LogP contribution < -0.4 is 0 Å². The molecular weight excluding hydrogens is 817 g/mol. The van der Waals surface area contributed by atoms with E-state index in [0.717, 1.165) is 13.7 Å². The van der Waals surface area contributed by atoms with Crippen LogP contribution >= 0.6 is 0 Å². The van der Waals surface area contributed by atoms with Crippen molar-refractivity contribution in [2.24, 2.45) is 0 Å². The first-order chi connectivity index (χ1) is 48.2.